The van der Waals surface area contributed by atoms with Crippen molar-refractivity contribution in [3.05, 3.63) is 95.1 Å². The Labute approximate surface area is 219 Å². The highest BCUT2D eigenvalue weighted by Gasteiger charge is 2.22. The summed E-state index contributed by atoms with van der Waals surface area (Å²) >= 11 is 0. The summed E-state index contributed by atoms with van der Waals surface area (Å²) in [5.74, 6) is -1.46. The third kappa shape index (κ3) is 6.12. The Morgan fingerprint density at radius 2 is 1.47 bits per heavy atom. The molecule has 0 bridgehead atoms. The van der Waals surface area contributed by atoms with Gasteiger partial charge in [-0.3, -0.25) is 9.59 Å². The molecule has 4 rings (SSSR count). The van der Waals surface area contributed by atoms with Crippen LogP contribution in [0.2, 0.25) is 0 Å². The van der Waals surface area contributed by atoms with Gasteiger partial charge in [0.05, 0.1) is 0 Å². The van der Waals surface area contributed by atoms with Crippen molar-refractivity contribution >= 4 is 17.8 Å². The van der Waals surface area contributed by atoms with Crippen LogP contribution in [0.4, 0.5) is 0 Å². The van der Waals surface area contributed by atoms with E-state index in [9.17, 15) is 19.5 Å². The van der Waals surface area contributed by atoms with Crippen LogP contribution in [-0.2, 0) is 16.6 Å². The smallest absolute Gasteiger partial charge is 0.326 e. The van der Waals surface area contributed by atoms with Crippen LogP contribution in [-0.4, -0.2) is 39.1 Å². The van der Waals surface area contributed by atoms with Crippen LogP contribution < -0.4 is 11.1 Å². The van der Waals surface area contributed by atoms with Crippen molar-refractivity contribution in [3.63, 3.8) is 0 Å². The zero-order valence-corrected chi connectivity index (χ0v) is 21.3. The molecular weight excluding hydrogens is 484 g/mol. The zero-order chi connectivity index (χ0) is 27.4. The summed E-state index contributed by atoms with van der Waals surface area (Å²) < 4.78 is 5.34. The number of rotatable bonds is 8. The van der Waals surface area contributed by atoms with E-state index in [-0.39, 0.29) is 17.7 Å². The minimum atomic E-state index is -1.13. The Bertz CT molecular complexity index is 1450. The lowest BCUT2D eigenvalue weighted by Crippen LogP contribution is -2.42. The van der Waals surface area contributed by atoms with E-state index in [2.05, 4.69) is 36.2 Å². The highest BCUT2D eigenvalue weighted by molar-refractivity contribution is 5.96. The largest absolute Gasteiger partial charge is 0.480 e. The van der Waals surface area contributed by atoms with Gasteiger partial charge in [0.2, 0.25) is 11.7 Å². The number of nitrogens with two attached hydrogens (primary N) is 1. The molecule has 0 unspecified atom stereocenters. The highest BCUT2D eigenvalue weighted by Crippen LogP contribution is 2.24. The molecule has 0 aliphatic rings. The van der Waals surface area contributed by atoms with Gasteiger partial charge in [0.15, 0.2) is 0 Å². The lowest BCUT2D eigenvalue weighted by molar-refractivity contribution is -0.139. The van der Waals surface area contributed by atoms with E-state index in [0.717, 1.165) is 11.1 Å². The van der Waals surface area contributed by atoms with E-state index < -0.39 is 23.8 Å². The second-order valence-corrected chi connectivity index (χ2v) is 9.96. The maximum absolute atomic E-state index is 12.7. The van der Waals surface area contributed by atoms with Crippen molar-refractivity contribution in [1.82, 2.24) is 15.5 Å². The van der Waals surface area contributed by atoms with Gasteiger partial charge in [0, 0.05) is 28.7 Å². The number of aromatic nitrogens is 2. The van der Waals surface area contributed by atoms with Crippen LogP contribution in [0, 0.1) is 0 Å². The van der Waals surface area contributed by atoms with E-state index in [1.165, 1.54) is 0 Å². The van der Waals surface area contributed by atoms with Gasteiger partial charge in [0.1, 0.15) is 6.04 Å². The van der Waals surface area contributed by atoms with Crippen LogP contribution in [0.1, 0.15) is 52.6 Å². The summed E-state index contributed by atoms with van der Waals surface area (Å²) in [6.07, 6.45) is 0.102. The summed E-state index contributed by atoms with van der Waals surface area (Å²) in [5.41, 5.74) is 9.10. The van der Waals surface area contributed by atoms with Crippen molar-refractivity contribution in [2.24, 2.45) is 5.73 Å². The SMILES string of the molecule is CC(C)(C)c1ccc(C(=O)N[C@@H](Cc2ccc(-c3noc(-c4ccc(C(N)=O)cc4)n3)cc2)C(=O)O)cc1. The Hall–Kier alpha value is -4.79. The second kappa shape index (κ2) is 10.7. The summed E-state index contributed by atoms with van der Waals surface area (Å²) in [6.45, 7) is 6.24. The molecule has 4 N–H and O–H groups in total. The number of carboxylic acids is 1. The Kier molecular flexibility index (Phi) is 7.38. The lowest BCUT2D eigenvalue weighted by atomic mass is 9.86. The fourth-order valence-electron chi connectivity index (χ4n) is 3.82. The van der Waals surface area contributed by atoms with E-state index in [4.69, 9.17) is 10.3 Å². The van der Waals surface area contributed by atoms with Gasteiger partial charge >= 0.3 is 5.97 Å². The maximum atomic E-state index is 12.7. The average molecular weight is 513 g/mol. The predicted octanol–water partition coefficient (Wildman–Crippen LogP) is 4.23. The molecule has 38 heavy (non-hydrogen) atoms. The fourth-order valence-corrected chi connectivity index (χ4v) is 3.82. The zero-order valence-electron chi connectivity index (χ0n) is 21.3. The van der Waals surface area contributed by atoms with E-state index >= 15 is 0 Å². The second-order valence-electron chi connectivity index (χ2n) is 9.96. The van der Waals surface area contributed by atoms with Crippen molar-refractivity contribution in [3.8, 4) is 22.8 Å². The van der Waals surface area contributed by atoms with Crippen LogP contribution in [0.5, 0.6) is 0 Å². The molecule has 2 amide bonds. The standard InChI is InChI=1S/C29H28N4O5/c1-29(2,3)22-14-12-20(13-15-22)26(35)31-23(28(36)37)16-17-4-6-19(7-5-17)25-32-27(38-33-25)21-10-8-18(9-11-21)24(30)34/h4-15,23H,16H2,1-3H3,(H2,30,34)(H,31,35)(H,36,37)/t23-/m0/s1. The van der Waals surface area contributed by atoms with Gasteiger partial charge in [-0.15, -0.1) is 0 Å². The number of aliphatic carboxylic acids is 1. The van der Waals surface area contributed by atoms with Crippen LogP contribution in [0.3, 0.4) is 0 Å². The number of primary amides is 1. The molecule has 0 fully saturated rings. The maximum Gasteiger partial charge on any atom is 0.326 e. The molecule has 0 saturated heterocycles. The van der Waals surface area contributed by atoms with E-state index in [1.54, 1.807) is 60.7 Å². The number of carbonyl (C=O) groups is 3. The number of hydrogen-bond donors (Lipinski definition) is 3. The summed E-state index contributed by atoms with van der Waals surface area (Å²) in [7, 11) is 0. The summed E-state index contributed by atoms with van der Waals surface area (Å²) in [6, 6.07) is 19.6. The molecule has 1 aromatic heterocycles. The quantitative estimate of drug-likeness (QED) is 0.320. The van der Waals surface area contributed by atoms with Crippen LogP contribution in [0.25, 0.3) is 22.8 Å². The molecule has 1 heterocycles. The number of carboxylic acid groups (broad SMARTS) is 1. The number of hydrogen-bond acceptors (Lipinski definition) is 6. The Balaban J connectivity index is 1.42. The monoisotopic (exact) mass is 512 g/mol. The van der Waals surface area contributed by atoms with Crippen molar-refractivity contribution < 1.29 is 24.0 Å². The van der Waals surface area contributed by atoms with Gasteiger partial charge in [0.25, 0.3) is 11.8 Å². The third-order valence-electron chi connectivity index (χ3n) is 6.11. The molecule has 4 aromatic rings. The average Bonchev–Trinajstić information content (AvgIpc) is 3.38. The molecule has 9 nitrogen and oxygen atoms in total. The molecule has 1 atom stereocenters. The van der Waals surface area contributed by atoms with Crippen molar-refractivity contribution in [2.75, 3.05) is 0 Å². The molecular formula is C29H28N4O5. The lowest BCUT2D eigenvalue weighted by Gasteiger charge is -2.19. The number of nitrogens with one attached hydrogen (secondary N) is 1. The molecule has 0 aliphatic heterocycles. The number of nitrogens with zero attached hydrogens (tertiary/aromatic N) is 2. The van der Waals surface area contributed by atoms with Crippen LogP contribution in [0.15, 0.2) is 77.3 Å². The first kappa shape index (κ1) is 26.3. The first-order valence-corrected chi connectivity index (χ1v) is 12.0. The molecule has 0 saturated carbocycles. The van der Waals surface area contributed by atoms with Gasteiger partial charge in [-0.05, 0) is 52.9 Å². The van der Waals surface area contributed by atoms with Crippen molar-refractivity contribution in [1.29, 1.82) is 0 Å². The summed E-state index contributed by atoms with van der Waals surface area (Å²) in [5, 5.41) is 16.3. The van der Waals surface area contributed by atoms with E-state index in [0.29, 0.717) is 28.1 Å². The van der Waals surface area contributed by atoms with Gasteiger partial charge in [-0.2, -0.15) is 4.98 Å². The third-order valence-corrected chi connectivity index (χ3v) is 6.11. The fraction of sp³-hybridized carbons (Fsp3) is 0.207. The molecule has 0 aliphatic carbocycles. The number of benzene rings is 3. The molecule has 9 heteroatoms. The Morgan fingerprint density at radius 3 is 2.03 bits per heavy atom. The molecule has 3 aromatic carbocycles. The van der Waals surface area contributed by atoms with Crippen LogP contribution >= 0.6 is 0 Å². The first-order valence-electron chi connectivity index (χ1n) is 12.0. The highest BCUT2D eigenvalue weighted by atomic mass is 16.5. The first-order chi connectivity index (χ1) is 18.0. The minimum absolute atomic E-state index is 0.0500. The van der Waals surface area contributed by atoms with Gasteiger partial charge in [-0.25, -0.2) is 4.79 Å². The van der Waals surface area contributed by atoms with Gasteiger partial charge < -0.3 is 20.7 Å². The number of amides is 2. The molecule has 0 spiro atoms. The minimum Gasteiger partial charge on any atom is -0.480 e. The van der Waals surface area contributed by atoms with Crippen molar-refractivity contribution in [2.45, 2.75) is 38.6 Å². The number of carbonyl (C=O) groups excluding carboxylic acids is 2. The Morgan fingerprint density at radius 1 is 0.895 bits per heavy atom. The molecule has 0 radical (unpaired) electrons. The topological polar surface area (TPSA) is 148 Å². The van der Waals surface area contributed by atoms with E-state index in [1.807, 2.05) is 12.1 Å². The predicted molar refractivity (Wildman–Crippen MR) is 141 cm³/mol. The summed E-state index contributed by atoms with van der Waals surface area (Å²) in [4.78, 5) is 40.2. The van der Waals surface area contributed by atoms with Gasteiger partial charge in [-0.1, -0.05) is 62.3 Å². The molecule has 194 valence electrons. The normalized spacial score (nSPS) is 12.1.